The number of nitrogens with one attached hydrogen (secondary N) is 2. The van der Waals surface area contributed by atoms with Crippen LogP contribution in [0.25, 0.3) is 0 Å². The zero-order valence-electron chi connectivity index (χ0n) is 21.7. The van der Waals surface area contributed by atoms with Gasteiger partial charge in [-0.15, -0.1) is 0 Å². The number of nitrogens with zero attached hydrogens (tertiary/aromatic N) is 1. The van der Waals surface area contributed by atoms with Crippen molar-refractivity contribution in [1.82, 2.24) is 10.2 Å². The maximum atomic E-state index is 13.7. The molecule has 1 aliphatic heterocycles. The van der Waals surface area contributed by atoms with Crippen LogP contribution >= 0.6 is 0 Å². The summed E-state index contributed by atoms with van der Waals surface area (Å²) in [5.74, 6) is -0.763. The molecule has 0 aliphatic carbocycles. The van der Waals surface area contributed by atoms with Crippen LogP contribution < -0.4 is 10.0 Å². The molecule has 2 atom stereocenters. The molecule has 1 amide bonds. The highest BCUT2D eigenvalue weighted by Crippen LogP contribution is 2.31. The first-order valence-corrected chi connectivity index (χ1v) is 17.4. The van der Waals surface area contributed by atoms with Gasteiger partial charge in [0.15, 0.2) is 15.4 Å². The molecule has 1 heterocycles. The summed E-state index contributed by atoms with van der Waals surface area (Å²) in [7, 11) is -11.2. The van der Waals surface area contributed by atoms with Crippen LogP contribution in [-0.2, 0) is 44.6 Å². The summed E-state index contributed by atoms with van der Waals surface area (Å²) in [4.78, 5) is 15.9. The largest absolute Gasteiger partial charge is 0.345 e. The molecule has 0 aromatic heterocycles. The fraction of sp³-hybridized carbons (Fsp3) is 0.458. The number of carbonyl (C=O) groups is 1. The summed E-state index contributed by atoms with van der Waals surface area (Å²) in [6.45, 7) is 3.33. The number of sulfone groups is 1. The molecular weight excluding hydrogens is 554 g/mol. The fourth-order valence-electron chi connectivity index (χ4n) is 4.33. The van der Waals surface area contributed by atoms with Gasteiger partial charge >= 0.3 is 0 Å². The van der Waals surface area contributed by atoms with Gasteiger partial charge in [0.1, 0.15) is 0 Å². The van der Waals surface area contributed by atoms with Crippen molar-refractivity contribution in [2.45, 2.75) is 36.3 Å². The lowest BCUT2D eigenvalue weighted by Crippen LogP contribution is -2.48. The van der Waals surface area contributed by atoms with Crippen LogP contribution in [0.3, 0.4) is 0 Å². The Hall–Kier alpha value is -2.52. The molecule has 11 nitrogen and oxygen atoms in total. The second kappa shape index (κ2) is 11.3. The van der Waals surface area contributed by atoms with E-state index in [1.165, 1.54) is 31.2 Å². The predicted molar refractivity (Wildman–Crippen MR) is 144 cm³/mol. The minimum Gasteiger partial charge on any atom is -0.345 e. The summed E-state index contributed by atoms with van der Waals surface area (Å²) in [5, 5.41) is 2.89. The van der Waals surface area contributed by atoms with Gasteiger partial charge in [-0.1, -0.05) is 24.3 Å². The number of hydrogen-bond donors (Lipinski definition) is 2. The molecule has 0 spiro atoms. The smallest absolute Gasteiger partial charge is 0.265 e. The summed E-state index contributed by atoms with van der Waals surface area (Å²) in [6, 6.07) is 11.2. The molecule has 1 aliphatic rings. The third-order valence-electron chi connectivity index (χ3n) is 6.12. The SMILES string of the molecule is CC(OS(C)(=O)=O)(C(=O)NC(CN1CCCC1)c1cccc(NS(C)(=O)=O)c1)c1ccc(S(C)(=O)=O)cc1. The van der Waals surface area contributed by atoms with Crippen molar-refractivity contribution < 1.29 is 34.2 Å². The van der Waals surface area contributed by atoms with E-state index >= 15 is 0 Å². The van der Waals surface area contributed by atoms with Crippen LogP contribution in [0.1, 0.15) is 36.9 Å². The third-order valence-corrected chi connectivity index (χ3v) is 8.49. The second-order valence-electron chi connectivity index (χ2n) is 9.65. The lowest BCUT2D eigenvalue weighted by molar-refractivity contribution is -0.137. The van der Waals surface area contributed by atoms with Gasteiger partial charge in [0.2, 0.25) is 10.0 Å². The van der Waals surface area contributed by atoms with Crippen LogP contribution in [0.15, 0.2) is 53.4 Å². The minimum absolute atomic E-state index is 0.00506. The topological polar surface area (TPSA) is 156 Å². The fourth-order valence-corrected chi connectivity index (χ4v) is 6.29. The summed E-state index contributed by atoms with van der Waals surface area (Å²) < 4.78 is 79.4. The Kier molecular flexibility index (Phi) is 8.93. The molecule has 0 bridgehead atoms. The van der Waals surface area contributed by atoms with E-state index < -0.39 is 47.5 Å². The zero-order valence-corrected chi connectivity index (χ0v) is 24.1. The zero-order chi connectivity index (χ0) is 28.4. The van der Waals surface area contributed by atoms with Gasteiger partial charge in [-0.3, -0.25) is 9.52 Å². The minimum atomic E-state index is -4.13. The first-order valence-electron chi connectivity index (χ1n) is 11.8. The Morgan fingerprint density at radius 2 is 1.58 bits per heavy atom. The van der Waals surface area contributed by atoms with Gasteiger partial charge in [0.05, 0.1) is 23.4 Å². The van der Waals surface area contributed by atoms with Gasteiger partial charge in [-0.2, -0.15) is 8.42 Å². The maximum absolute atomic E-state index is 13.7. The Balaban J connectivity index is 2.00. The predicted octanol–water partition coefficient (Wildman–Crippen LogP) is 1.61. The van der Waals surface area contributed by atoms with Crippen LogP contribution in [0.4, 0.5) is 5.69 Å². The Morgan fingerprint density at radius 3 is 2.11 bits per heavy atom. The van der Waals surface area contributed by atoms with Crippen LogP contribution in [-0.4, -0.2) is 74.5 Å². The van der Waals surface area contributed by atoms with E-state index in [2.05, 4.69) is 14.9 Å². The van der Waals surface area contributed by atoms with Crippen molar-refractivity contribution in [1.29, 1.82) is 0 Å². The van der Waals surface area contributed by atoms with Crippen molar-refractivity contribution in [3.63, 3.8) is 0 Å². The number of hydrogen-bond acceptors (Lipinski definition) is 9. The van der Waals surface area contributed by atoms with Crippen LogP contribution in [0.2, 0.25) is 0 Å². The maximum Gasteiger partial charge on any atom is 0.265 e. The quantitative estimate of drug-likeness (QED) is 0.373. The molecule has 1 fully saturated rings. The van der Waals surface area contributed by atoms with Crippen molar-refractivity contribution in [3.8, 4) is 0 Å². The lowest BCUT2D eigenvalue weighted by atomic mass is 9.94. The molecule has 210 valence electrons. The Bertz CT molecular complexity index is 1480. The van der Waals surface area contributed by atoms with E-state index in [9.17, 15) is 30.0 Å². The summed E-state index contributed by atoms with van der Waals surface area (Å²) in [6.07, 6.45) is 4.89. The van der Waals surface area contributed by atoms with Crippen LogP contribution in [0, 0.1) is 0 Å². The van der Waals surface area contributed by atoms with Crippen molar-refractivity contribution in [2.24, 2.45) is 0 Å². The number of amides is 1. The first-order chi connectivity index (χ1) is 17.5. The van der Waals surface area contributed by atoms with E-state index in [4.69, 9.17) is 4.18 Å². The van der Waals surface area contributed by atoms with Crippen molar-refractivity contribution in [2.75, 3.05) is 43.1 Å². The van der Waals surface area contributed by atoms with E-state index in [1.807, 2.05) is 0 Å². The third kappa shape index (κ3) is 8.24. The molecule has 38 heavy (non-hydrogen) atoms. The van der Waals surface area contributed by atoms with E-state index in [-0.39, 0.29) is 10.5 Å². The summed E-state index contributed by atoms with van der Waals surface area (Å²) >= 11 is 0. The average Bonchev–Trinajstić information content (AvgIpc) is 3.29. The molecule has 1 saturated heterocycles. The van der Waals surface area contributed by atoms with E-state index in [0.29, 0.717) is 17.8 Å². The van der Waals surface area contributed by atoms with Gasteiger partial charge in [-0.25, -0.2) is 21.0 Å². The van der Waals surface area contributed by atoms with Crippen molar-refractivity contribution >= 4 is 41.6 Å². The normalized spacial score (nSPS) is 17.5. The highest BCUT2D eigenvalue weighted by Gasteiger charge is 2.41. The highest BCUT2D eigenvalue weighted by atomic mass is 32.2. The Labute approximate surface area is 224 Å². The van der Waals surface area contributed by atoms with E-state index in [0.717, 1.165) is 44.7 Å². The molecule has 2 N–H and O–H groups in total. The molecule has 14 heteroatoms. The molecule has 2 aromatic carbocycles. The van der Waals surface area contributed by atoms with Gasteiger partial charge in [-0.05, 0) is 68.2 Å². The van der Waals surface area contributed by atoms with Crippen LogP contribution in [0.5, 0.6) is 0 Å². The molecule has 0 radical (unpaired) electrons. The molecule has 3 rings (SSSR count). The van der Waals surface area contributed by atoms with Gasteiger partial charge in [0.25, 0.3) is 16.0 Å². The monoisotopic (exact) mass is 587 g/mol. The lowest BCUT2D eigenvalue weighted by Gasteiger charge is -2.32. The molecular formula is C24H33N3O8S3. The number of benzene rings is 2. The molecule has 2 aromatic rings. The Morgan fingerprint density at radius 1 is 0.974 bits per heavy atom. The summed E-state index contributed by atoms with van der Waals surface area (Å²) in [5.41, 5.74) is -0.958. The molecule has 0 saturated carbocycles. The number of sulfonamides is 1. The number of likely N-dealkylation sites (tertiary alicyclic amines) is 1. The highest BCUT2D eigenvalue weighted by molar-refractivity contribution is 7.92. The standard InChI is InChI=1S/C24H33N3O8S3/c1-24(35-38(4,33)34,19-10-12-21(13-11-19)36(2,29)30)23(28)25-22(17-27-14-5-6-15-27)18-8-7-9-20(16-18)26-37(3,31)32/h7-13,16,22,26H,5-6,14-15,17H2,1-4H3,(H,25,28). The second-order valence-corrected chi connectivity index (χ2v) is 15.0. The number of anilines is 1. The number of rotatable bonds is 11. The molecule has 2 unspecified atom stereocenters. The van der Waals surface area contributed by atoms with Gasteiger partial charge in [0, 0.05) is 18.5 Å². The van der Waals surface area contributed by atoms with Gasteiger partial charge < -0.3 is 10.2 Å². The van der Waals surface area contributed by atoms with E-state index in [1.54, 1.807) is 24.3 Å². The average molecular weight is 588 g/mol. The van der Waals surface area contributed by atoms with Crippen molar-refractivity contribution in [3.05, 3.63) is 59.7 Å². The number of carbonyl (C=O) groups excluding carboxylic acids is 1. The first kappa shape index (κ1) is 30.0.